The van der Waals surface area contributed by atoms with E-state index < -0.39 is 0 Å². The van der Waals surface area contributed by atoms with Crippen molar-refractivity contribution in [2.45, 2.75) is 59.3 Å². The molecule has 3 aliphatic heterocycles. The summed E-state index contributed by atoms with van der Waals surface area (Å²) in [6.07, 6.45) is 8.09. The van der Waals surface area contributed by atoms with Crippen LogP contribution in [0.15, 0.2) is 0 Å². The average Bonchev–Trinajstić information content (AvgIpc) is 2.56. The van der Waals surface area contributed by atoms with Gasteiger partial charge >= 0.3 is 0 Å². The molecule has 0 aromatic carbocycles. The van der Waals surface area contributed by atoms with E-state index in [2.05, 4.69) is 35.5 Å². The molecular formula is C18H39N3. The van der Waals surface area contributed by atoms with Crippen molar-refractivity contribution in [2.75, 3.05) is 58.9 Å². The van der Waals surface area contributed by atoms with Crippen LogP contribution in [0.5, 0.6) is 0 Å². The van der Waals surface area contributed by atoms with Crippen LogP contribution in [-0.4, -0.2) is 73.6 Å². The van der Waals surface area contributed by atoms with Crippen LogP contribution in [0.25, 0.3) is 0 Å². The van der Waals surface area contributed by atoms with Gasteiger partial charge < -0.3 is 4.90 Å². The zero-order valence-electron chi connectivity index (χ0n) is 14.9. The Morgan fingerprint density at radius 2 is 0.857 bits per heavy atom. The van der Waals surface area contributed by atoms with Crippen molar-refractivity contribution < 1.29 is 0 Å². The van der Waals surface area contributed by atoms with Crippen LogP contribution >= 0.6 is 0 Å². The van der Waals surface area contributed by atoms with Crippen LogP contribution in [0, 0.1) is 0 Å². The first kappa shape index (κ1) is 18.9. The van der Waals surface area contributed by atoms with Crippen molar-refractivity contribution in [1.82, 2.24) is 14.7 Å². The molecular weight excluding hydrogens is 258 g/mol. The summed E-state index contributed by atoms with van der Waals surface area (Å²) in [6, 6.07) is 0. The molecule has 0 unspecified atom stereocenters. The minimum absolute atomic E-state index is 1.32. The first-order chi connectivity index (χ1) is 10.3. The molecule has 0 radical (unpaired) electrons. The molecule has 3 saturated heterocycles. The second kappa shape index (κ2) is 12.4. The molecule has 126 valence electrons. The van der Waals surface area contributed by atoms with E-state index in [1.165, 1.54) is 97.4 Å². The maximum atomic E-state index is 2.64. The fourth-order valence-electron chi connectivity index (χ4n) is 3.00. The number of piperazine rings is 3. The Balaban J connectivity index is 0.000000230. The highest BCUT2D eigenvalue weighted by Crippen LogP contribution is 2.06. The fraction of sp³-hybridized carbons (Fsp3) is 1.00. The van der Waals surface area contributed by atoms with Gasteiger partial charge in [0.2, 0.25) is 0 Å². The summed E-state index contributed by atoms with van der Waals surface area (Å²) in [7, 11) is 0. The van der Waals surface area contributed by atoms with Crippen LogP contribution in [0.1, 0.15) is 59.3 Å². The third kappa shape index (κ3) is 8.80. The number of nitrogens with zero attached hydrogens (tertiary/aromatic N) is 3. The van der Waals surface area contributed by atoms with E-state index in [0.717, 1.165) is 0 Å². The molecule has 0 aliphatic carbocycles. The third-order valence-corrected chi connectivity index (χ3v) is 4.68. The van der Waals surface area contributed by atoms with Crippen LogP contribution in [0.4, 0.5) is 0 Å². The second-order valence-electron chi connectivity index (χ2n) is 6.59. The summed E-state index contributed by atoms with van der Waals surface area (Å²) in [5, 5.41) is 0. The Bertz CT molecular complexity index is 182. The van der Waals surface area contributed by atoms with Crippen molar-refractivity contribution in [1.29, 1.82) is 0 Å². The van der Waals surface area contributed by atoms with Crippen LogP contribution in [0.3, 0.4) is 0 Å². The zero-order chi connectivity index (χ0) is 15.3. The van der Waals surface area contributed by atoms with E-state index in [-0.39, 0.29) is 0 Å². The summed E-state index contributed by atoms with van der Waals surface area (Å²) >= 11 is 0. The SMILES string of the molecule is C1CN2CCN1CC2.CCCCN(CCCC)CCCC. The number of rotatable bonds is 9. The van der Waals surface area contributed by atoms with Gasteiger partial charge in [-0.05, 0) is 38.9 Å². The average molecular weight is 298 g/mol. The molecule has 2 bridgehead atoms. The highest BCUT2D eigenvalue weighted by molar-refractivity contribution is 4.78. The van der Waals surface area contributed by atoms with E-state index in [0.29, 0.717) is 0 Å². The van der Waals surface area contributed by atoms with Gasteiger partial charge in [-0.1, -0.05) is 40.0 Å². The van der Waals surface area contributed by atoms with Gasteiger partial charge in [0.05, 0.1) is 0 Å². The minimum Gasteiger partial charge on any atom is -0.303 e. The highest BCUT2D eigenvalue weighted by atomic mass is 15.3. The van der Waals surface area contributed by atoms with E-state index in [9.17, 15) is 0 Å². The molecule has 3 heteroatoms. The smallest absolute Gasteiger partial charge is 0.0110 e. The van der Waals surface area contributed by atoms with Crippen molar-refractivity contribution in [2.24, 2.45) is 0 Å². The Kier molecular flexibility index (Phi) is 11.2. The lowest BCUT2D eigenvalue weighted by Crippen LogP contribution is -2.55. The van der Waals surface area contributed by atoms with Crippen molar-refractivity contribution >= 4 is 0 Å². The minimum atomic E-state index is 1.32. The Morgan fingerprint density at radius 1 is 0.571 bits per heavy atom. The van der Waals surface area contributed by atoms with Crippen LogP contribution < -0.4 is 0 Å². The summed E-state index contributed by atoms with van der Waals surface area (Å²) in [4.78, 5) is 7.72. The standard InChI is InChI=1S/C12H27N.C6H12N2/c1-4-7-10-13(11-8-5-2)12-9-6-3;1-2-8-5-3-7(1)4-6-8/h4-12H2,1-3H3;1-6H2. The molecule has 0 atom stereocenters. The van der Waals surface area contributed by atoms with Gasteiger partial charge in [-0.25, -0.2) is 0 Å². The first-order valence-corrected chi connectivity index (χ1v) is 9.47. The largest absolute Gasteiger partial charge is 0.303 e. The maximum Gasteiger partial charge on any atom is 0.0110 e. The summed E-state index contributed by atoms with van der Waals surface area (Å²) in [5.74, 6) is 0. The van der Waals surface area contributed by atoms with Crippen molar-refractivity contribution in [3.8, 4) is 0 Å². The summed E-state index contributed by atoms with van der Waals surface area (Å²) in [6.45, 7) is 18.7. The topological polar surface area (TPSA) is 9.72 Å². The van der Waals surface area contributed by atoms with E-state index in [1.807, 2.05) is 0 Å². The lowest BCUT2D eigenvalue weighted by molar-refractivity contribution is 0.0647. The van der Waals surface area contributed by atoms with Gasteiger partial charge in [-0.3, -0.25) is 9.80 Å². The maximum absolute atomic E-state index is 2.64. The normalized spacial score (nSPS) is 24.0. The number of hydrogen-bond acceptors (Lipinski definition) is 3. The monoisotopic (exact) mass is 297 g/mol. The molecule has 0 N–H and O–H groups in total. The molecule has 3 heterocycles. The third-order valence-electron chi connectivity index (χ3n) is 4.68. The van der Waals surface area contributed by atoms with Crippen LogP contribution in [0.2, 0.25) is 0 Å². The van der Waals surface area contributed by atoms with Gasteiger partial charge in [0.25, 0.3) is 0 Å². The first-order valence-electron chi connectivity index (χ1n) is 9.47. The second-order valence-corrected chi connectivity index (χ2v) is 6.59. The van der Waals surface area contributed by atoms with Crippen molar-refractivity contribution in [3.63, 3.8) is 0 Å². The van der Waals surface area contributed by atoms with Gasteiger partial charge in [0.15, 0.2) is 0 Å². The Morgan fingerprint density at radius 3 is 1.05 bits per heavy atom. The lowest BCUT2D eigenvalue weighted by Gasteiger charge is -2.41. The summed E-state index contributed by atoms with van der Waals surface area (Å²) in [5.41, 5.74) is 0. The molecule has 0 saturated carbocycles. The van der Waals surface area contributed by atoms with Gasteiger partial charge in [0, 0.05) is 39.3 Å². The van der Waals surface area contributed by atoms with Gasteiger partial charge in [-0.2, -0.15) is 0 Å². The molecule has 3 aliphatic rings. The van der Waals surface area contributed by atoms with E-state index >= 15 is 0 Å². The number of fused-ring (bicyclic) bond motifs is 3. The summed E-state index contributed by atoms with van der Waals surface area (Å²) < 4.78 is 0. The Hall–Kier alpha value is -0.120. The molecule has 3 fully saturated rings. The molecule has 21 heavy (non-hydrogen) atoms. The molecule has 0 spiro atoms. The lowest BCUT2D eigenvalue weighted by atomic mass is 10.2. The Labute approximate surface area is 133 Å². The molecule has 0 amide bonds. The number of unbranched alkanes of at least 4 members (excludes halogenated alkanes) is 3. The van der Waals surface area contributed by atoms with Gasteiger partial charge in [0.1, 0.15) is 0 Å². The molecule has 3 nitrogen and oxygen atoms in total. The highest BCUT2D eigenvalue weighted by Gasteiger charge is 2.21. The molecule has 3 rings (SSSR count). The predicted molar refractivity (Wildman–Crippen MR) is 94.0 cm³/mol. The van der Waals surface area contributed by atoms with E-state index in [4.69, 9.17) is 0 Å². The van der Waals surface area contributed by atoms with E-state index in [1.54, 1.807) is 0 Å². The molecule has 0 aromatic rings. The predicted octanol–water partition coefficient (Wildman–Crippen LogP) is 3.31. The molecule has 0 aromatic heterocycles. The van der Waals surface area contributed by atoms with Crippen molar-refractivity contribution in [3.05, 3.63) is 0 Å². The number of hydrogen-bond donors (Lipinski definition) is 0. The quantitative estimate of drug-likeness (QED) is 0.646. The zero-order valence-corrected chi connectivity index (χ0v) is 14.9. The fourth-order valence-corrected chi connectivity index (χ4v) is 3.00. The van der Waals surface area contributed by atoms with Gasteiger partial charge in [-0.15, -0.1) is 0 Å². The van der Waals surface area contributed by atoms with Crippen LogP contribution in [-0.2, 0) is 0 Å².